The zero-order valence-electron chi connectivity index (χ0n) is 12.5. The van der Waals surface area contributed by atoms with Crippen LogP contribution in [0.4, 0.5) is 5.82 Å². The predicted octanol–water partition coefficient (Wildman–Crippen LogP) is 5.06. The molecule has 3 nitrogen and oxygen atoms in total. The molecule has 3 rings (SSSR count). The smallest absolute Gasteiger partial charge is 0.149 e. The van der Waals surface area contributed by atoms with Crippen molar-refractivity contribution in [2.24, 2.45) is 5.10 Å². The summed E-state index contributed by atoms with van der Waals surface area (Å²) in [6.45, 7) is 4.10. The Morgan fingerprint density at radius 2 is 1.82 bits per heavy atom. The number of benzene rings is 2. The zero-order chi connectivity index (χ0) is 15.5. The van der Waals surface area contributed by atoms with Crippen molar-refractivity contribution in [1.29, 1.82) is 0 Å². The van der Waals surface area contributed by atoms with Gasteiger partial charge < -0.3 is 0 Å². The third-order valence-electron chi connectivity index (χ3n) is 3.42. The van der Waals surface area contributed by atoms with Crippen LogP contribution in [0.5, 0.6) is 0 Å². The average Bonchev–Trinajstić information content (AvgIpc) is 2.50. The molecule has 1 heterocycles. The van der Waals surface area contributed by atoms with Gasteiger partial charge in [-0.15, -0.1) is 0 Å². The van der Waals surface area contributed by atoms with Gasteiger partial charge in [-0.3, -0.25) is 5.43 Å². The van der Waals surface area contributed by atoms with E-state index in [1.54, 1.807) is 6.21 Å². The summed E-state index contributed by atoms with van der Waals surface area (Å²) >= 11 is 3.42. The number of pyridine rings is 1. The Morgan fingerprint density at radius 3 is 2.59 bits per heavy atom. The zero-order valence-corrected chi connectivity index (χ0v) is 14.1. The maximum Gasteiger partial charge on any atom is 0.149 e. The van der Waals surface area contributed by atoms with Gasteiger partial charge in [0.15, 0.2) is 0 Å². The van der Waals surface area contributed by atoms with Crippen LogP contribution < -0.4 is 5.43 Å². The molecule has 22 heavy (non-hydrogen) atoms. The summed E-state index contributed by atoms with van der Waals surface area (Å²) < 4.78 is 1.06. The molecule has 0 spiro atoms. The van der Waals surface area contributed by atoms with Crippen molar-refractivity contribution in [1.82, 2.24) is 4.98 Å². The molecule has 0 saturated carbocycles. The Kier molecular flexibility index (Phi) is 4.20. The molecule has 3 aromatic rings. The Bertz CT molecular complexity index is 839. The summed E-state index contributed by atoms with van der Waals surface area (Å²) in [5, 5.41) is 5.42. The van der Waals surface area contributed by atoms with E-state index < -0.39 is 0 Å². The molecule has 0 atom stereocenters. The lowest BCUT2D eigenvalue weighted by atomic mass is 10.1. The normalized spacial score (nSPS) is 11.2. The van der Waals surface area contributed by atoms with Gasteiger partial charge in [0.1, 0.15) is 5.82 Å². The van der Waals surface area contributed by atoms with E-state index in [0.29, 0.717) is 0 Å². The van der Waals surface area contributed by atoms with Crippen molar-refractivity contribution in [3.8, 4) is 0 Å². The molecule has 0 aliphatic heterocycles. The van der Waals surface area contributed by atoms with E-state index in [9.17, 15) is 0 Å². The van der Waals surface area contributed by atoms with E-state index in [0.717, 1.165) is 32.3 Å². The van der Waals surface area contributed by atoms with Gasteiger partial charge in [-0.2, -0.15) is 5.10 Å². The van der Waals surface area contributed by atoms with Gasteiger partial charge in [0.2, 0.25) is 0 Å². The van der Waals surface area contributed by atoms with Gasteiger partial charge >= 0.3 is 0 Å². The summed E-state index contributed by atoms with van der Waals surface area (Å²) in [6.07, 6.45) is 1.79. The number of aryl methyl sites for hydroxylation is 2. The molecule has 0 aliphatic carbocycles. The number of nitrogens with zero attached hydrogens (tertiary/aromatic N) is 2. The number of aromatic nitrogens is 1. The van der Waals surface area contributed by atoms with Gasteiger partial charge in [0.05, 0.1) is 11.7 Å². The van der Waals surface area contributed by atoms with E-state index in [1.165, 1.54) is 5.56 Å². The quantitative estimate of drug-likeness (QED) is 0.527. The molecule has 0 radical (unpaired) electrons. The highest BCUT2D eigenvalue weighted by molar-refractivity contribution is 9.10. The average molecular weight is 354 g/mol. The van der Waals surface area contributed by atoms with E-state index >= 15 is 0 Å². The van der Waals surface area contributed by atoms with Crippen LogP contribution >= 0.6 is 15.9 Å². The first-order valence-electron chi connectivity index (χ1n) is 7.04. The van der Waals surface area contributed by atoms with E-state index in [1.807, 2.05) is 31.2 Å². The van der Waals surface area contributed by atoms with Crippen LogP contribution in [0.15, 0.2) is 58.1 Å². The molecular weight excluding hydrogens is 338 g/mol. The molecule has 0 unspecified atom stereocenters. The fourth-order valence-electron chi connectivity index (χ4n) is 2.21. The number of hydrogen-bond acceptors (Lipinski definition) is 3. The minimum atomic E-state index is 0.784. The molecule has 0 aliphatic rings. The Labute approximate surface area is 138 Å². The highest BCUT2D eigenvalue weighted by Gasteiger charge is 2.02. The molecule has 0 fully saturated rings. The first-order chi connectivity index (χ1) is 10.6. The molecule has 2 aromatic carbocycles. The van der Waals surface area contributed by atoms with Crippen molar-refractivity contribution in [2.75, 3.05) is 5.43 Å². The minimum absolute atomic E-state index is 0.784. The van der Waals surface area contributed by atoms with Crippen molar-refractivity contribution in [3.63, 3.8) is 0 Å². The van der Waals surface area contributed by atoms with Crippen molar-refractivity contribution >= 4 is 38.9 Å². The number of rotatable bonds is 3. The first-order valence-corrected chi connectivity index (χ1v) is 7.84. The SMILES string of the molecule is Cc1ccc2cc(C)c(N/N=C/c3ccc(Br)cc3)nc2c1. The van der Waals surface area contributed by atoms with Crippen LogP contribution in [0.2, 0.25) is 0 Å². The van der Waals surface area contributed by atoms with Gasteiger partial charge in [-0.05, 0) is 54.8 Å². The first kappa shape index (κ1) is 14.7. The van der Waals surface area contributed by atoms with Crippen LogP contribution in [-0.4, -0.2) is 11.2 Å². The lowest BCUT2D eigenvalue weighted by Gasteiger charge is -2.07. The second kappa shape index (κ2) is 6.28. The fourth-order valence-corrected chi connectivity index (χ4v) is 2.48. The van der Waals surface area contributed by atoms with Gasteiger partial charge in [-0.1, -0.05) is 40.2 Å². The summed E-state index contributed by atoms with van der Waals surface area (Å²) in [5.41, 5.74) is 7.32. The van der Waals surface area contributed by atoms with Crippen LogP contribution in [-0.2, 0) is 0 Å². The van der Waals surface area contributed by atoms with E-state index in [-0.39, 0.29) is 0 Å². The number of nitrogens with one attached hydrogen (secondary N) is 1. The number of hydrogen-bond donors (Lipinski definition) is 1. The summed E-state index contributed by atoms with van der Waals surface area (Å²) in [5.74, 6) is 0.784. The van der Waals surface area contributed by atoms with Crippen LogP contribution in [0, 0.1) is 13.8 Å². The fraction of sp³-hybridized carbons (Fsp3) is 0.111. The maximum absolute atomic E-state index is 4.65. The van der Waals surface area contributed by atoms with Gasteiger partial charge in [-0.25, -0.2) is 4.98 Å². The largest absolute Gasteiger partial charge is 0.261 e. The Balaban J connectivity index is 1.83. The van der Waals surface area contributed by atoms with Crippen LogP contribution in [0.3, 0.4) is 0 Å². The molecule has 1 N–H and O–H groups in total. The summed E-state index contributed by atoms with van der Waals surface area (Å²) in [7, 11) is 0. The van der Waals surface area contributed by atoms with Crippen molar-refractivity contribution in [3.05, 3.63) is 69.7 Å². The molecule has 110 valence electrons. The molecule has 4 heteroatoms. The molecule has 0 saturated heterocycles. The van der Waals surface area contributed by atoms with Crippen molar-refractivity contribution < 1.29 is 0 Å². The second-order valence-electron chi connectivity index (χ2n) is 5.27. The molecule has 0 amide bonds. The Hall–Kier alpha value is -2.20. The highest BCUT2D eigenvalue weighted by Crippen LogP contribution is 2.20. The monoisotopic (exact) mass is 353 g/mol. The maximum atomic E-state index is 4.65. The standard InChI is InChI=1S/C18H16BrN3/c1-12-3-6-15-10-13(2)18(21-17(15)9-12)22-20-11-14-4-7-16(19)8-5-14/h3-11H,1-2H3,(H,21,22)/b20-11+. The molecule has 0 bridgehead atoms. The number of anilines is 1. The highest BCUT2D eigenvalue weighted by atomic mass is 79.9. The lowest BCUT2D eigenvalue weighted by Crippen LogP contribution is -1.97. The van der Waals surface area contributed by atoms with Gasteiger partial charge in [0, 0.05) is 9.86 Å². The summed E-state index contributed by atoms with van der Waals surface area (Å²) in [6, 6.07) is 16.4. The van der Waals surface area contributed by atoms with Crippen molar-refractivity contribution in [2.45, 2.75) is 13.8 Å². The number of halogens is 1. The summed E-state index contributed by atoms with van der Waals surface area (Å²) in [4.78, 5) is 4.65. The predicted molar refractivity (Wildman–Crippen MR) is 96.6 cm³/mol. The Morgan fingerprint density at radius 1 is 1.05 bits per heavy atom. The molecule has 1 aromatic heterocycles. The number of fused-ring (bicyclic) bond motifs is 1. The van der Waals surface area contributed by atoms with Gasteiger partial charge in [0.25, 0.3) is 0 Å². The minimum Gasteiger partial charge on any atom is -0.261 e. The molecular formula is C18H16BrN3. The number of hydrazone groups is 1. The topological polar surface area (TPSA) is 37.3 Å². The lowest BCUT2D eigenvalue weighted by molar-refractivity contribution is 1.22. The third-order valence-corrected chi connectivity index (χ3v) is 3.95. The van der Waals surface area contributed by atoms with Crippen LogP contribution in [0.25, 0.3) is 10.9 Å². The van der Waals surface area contributed by atoms with E-state index in [4.69, 9.17) is 0 Å². The third kappa shape index (κ3) is 3.34. The van der Waals surface area contributed by atoms with Crippen LogP contribution in [0.1, 0.15) is 16.7 Å². The second-order valence-corrected chi connectivity index (χ2v) is 6.19. The van der Waals surface area contributed by atoms with E-state index in [2.05, 4.69) is 62.6 Å².